The molecule has 0 radical (unpaired) electrons. The third kappa shape index (κ3) is 5.15. The van der Waals surface area contributed by atoms with Crippen molar-refractivity contribution < 1.29 is 23.3 Å². The first-order chi connectivity index (χ1) is 11.8. The van der Waals surface area contributed by atoms with Gasteiger partial charge in [-0.05, 0) is 13.0 Å². The number of amides is 2. The van der Waals surface area contributed by atoms with E-state index in [0.717, 1.165) is 12.6 Å². The summed E-state index contributed by atoms with van der Waals surface area (Å²) in [4.78, 5) is 27.0. The zero-order chi connectivity index (χ0) is 18.6. The van der Waals surface area contributed by atoms with Gasteiger partial charge in [-0.3, -0.25) is 9.59 Å². The summed E-state index contributed by atoms with van der Waals surface area (Å²) in [6.07, 6.45) is 0.154. The van der Waals surface area contributed by atoms with Gasteiger partial charge in [-0.25, -0.2) is 8.78 Å². The van der Waals surface area contributed by atoms with Crippen LogP contribution in [0.15, 0.2) is 18.2 Å². The maximum absolute atomic E-state index is 14.1. The van der Waals surface area contributed by atoms with Gasteiger partial charge in [0.05, 0.1) is 32.4 Å². The number of likely N-dealkylation sites (N-methyl/N-ethyl adjacent to an activating group) is 1. The fourth-order valence-electron chi connectivity index (χ4n) is 2.61. The van der Waals surface area contributed by atoms with E-state index in [4.69, 9.17) is 0 Å². The first-order valence-corrected chi connectivity index (χ1v) is 9.20. The van der Waals surface area contributed by atoms with Gasteiger partial charge in [0.15, 0.2) is 0 Å². The number of thioether (sulfide) groups is 1. The van der Waals surface area contributed by atoms with Gasteiger partial charge in [0.25, 0.3) is 0 Å². The van der Waals surface area contributed by atoms with Crippen LogP contribution in [0.1, 0.15) is 24.3 Å². The lowest BCUT2D eigenvalue weighted by atomic mass is 10.1. The van der Waals surface area contributed by atoms with Gasteiger partial charge < -0.3 is 15.1 Å². The number of hydrogen-bond donors (Lipinski definition) is 2. The van der Waals surface area contributed by atoms with E-state index in [2.05, 4.69) is 5.32 Å². The number of nitrogens with zero attached hydrogens (tertiary/aromatic N) is 1. The molecule has 1 aromatic rings. The average molecular weight is 372 g/mol. The Kier molecular flexibility index (Phi) is 6.78. The summed E-state index contributed by atoms with van der Waals surface area (Å²) in [5.41, 5.74) is 0.265. The molecule has 5 nitrogen and oxygen atoms in total. The number of hydrogen-bond acceptors (Lipinski definition) is 3. The standard InChI is InChI=1S/C17H23F2N3O2S/c1-11-16(24)22(8-6-15(23)20-7-9-21(2)3)17(25-11)13-5-4-12(18)10-14(13)19/h4-5,10-11,17H,6-9H2,1-3H3,(H,20,23)/p+1/t11-,17+/m0/s1. The van der Waals surface area contributed by atoms with Crippen molar-refractivity contribution >= 4 is 23.6 Å². The summed E-state index contributed by atoms with van der Waals surface area (Å²) >= 11 is 1.31. The number of halogens is 2. The second-order valence-electron chi connectivity index (χ2n) is 6.39. The molecule has 1 saturated heterocycles. The zero-order valence-corrected chi connectivity index (χ0v) is 15.5. The van der Waals surface area contributed by atoms with Crippen molar-refractivity contribution in [3.63, 3.8) is 0 Å². The van der Waals surface area contributed by atoms with E-state index >= 15 is 0 Å². The number of nitrogens with one attached hydrogen (secondary N) is 2. The second kappa shape index (κ2) is 8.62. The van der Waals surface area contributed by atoms with Gasteiger partial charge >= 0.3 is 0 Å². The molecule has 2 amide bonds. The van der Waals surface area contributed by atoms with Crippen molar-refractivity contribution in [1.29, 1.82) is 0 Å². The normalized spacial score (nSPS) is 20.4. The number of rotatable bonds is 7. The average Bonchev–Trinajstić information content (AvgIpc) is 2.80. The number of benzene rings is 1. The molecule has 1 aliphatic rings. The monoisotopic (exact) mass is 372 g/mol. The Morgan fingerprint density at radius 1 is 1.36 bits per heavy atom. The van der Waals surface area contributed by atoms with Crippen molar-refractivity contribution in [3.05, 3.63) is 35.4 Å². The maximum Gasteiger partial charge on any atom is 0.236 e. The Balaban J connectivity index is 2.01. The molecular weight excluding hydrogens is 348 g/mol. The third-order valence-electron chi connectivity index (χ3n) is 4.00. The van der Waals surface area contributed by atoms with E-state index in [1.807, 2.05) is 14.1 Å². The Hall–Kier alpha value is -1.67. The lowest BCUT2D eigenvalue weighted by molar-refractivity contribution is -0.856. The van der Waals surface area contributed by atoms with E-state index in [1.165, 1.54) is 33.7 Å². The van der Waals surface area contributed by atoms with Crippen molar-refractivity contribution in [2.75, 3.05) is 33.7 Å². The van der Waals surface area contributed by atoms with E-state index in [1.54, 1.807) is 6.92 Å². The molecule has 1 fully saturated rings. The van der Waals surface area contributed by atoms with Crippen LogP contribution in [-0.4, -0.2) is 55.7 Å². The van der Waals surface area contributed by atoms with Crippen molar-refractivity contribution in [2.45, 2.75) is 24.0 Å². The van der Waals surface area contributed by atoms with Crippen LogP contribution in [0, 0.1) is 11.6 Å². The fourth-order valence-corrected chi connectivity index (χ4v) is 3.94. The molecule has 1 aromatic carbocycles. The molecule has 0 spiro atoms. The Bertz CT molecular complexity index is 642. The molecule has 25 heavy (non-hydrogen) atoms. The molecule has 1 heterocycles. The highest BCUT2D eigenvalue weighted by Crippen LogP contribution is 2.43. The van der Waals surface area contributed by atoms with Crippen LogP contribution >= 0.6 is 11.8 Å². The molecule has 0 aromatic heterocycles. The highest BCUT2D eigenvalue weighted by molar-refractivity contribution is 8.01. The summed E-state index contributed by atoms with van der Waals surface area (Å²) in [6, 6.07) is 3.36. The lowest BCUT2D eigenvalue weighted by Crippen LogP contribution is -3.06. The summed E-state index contributed by atoms with van der Waals surface area (Å²) in [5, 5.41) is 1.95. The van der Waals surface area contributed by atoms with Gasteiger partial charge in [-0.15, -0.1) is 11.8 Å². The van der Waals surface area contributed by atoms with Gasteiger partial charge in [0.1, 0.15) is 17.0 Å². The van der Waals surface area contributed by atoms with Gasteiger partial charge in [0, 0.05) is 24.6 Å². The SMILES string of the molecule is C[C@@H]1S[C@H](c2ccc(F)cc2F)N(CCC(=O)NCC[NH+](C)C)C1=O. The minimum Gasteiger partial charge on any atom is -0.350 e. The molecule has 0 bridgehead atoms. The predicted molar refractivity (Wildman–Crippen MR) is 93.2 cm³/mol. The minimum atomic E-state index is -0.678. The van der Waals surface area contributed by atoms with E-state index in [-0.39, 0.29) is 35.6 Å². The number of quaternary nitrogens is 1. The summed E-state index contributed by atoms with van der Waals surface area (Å²) < 4.78 is 27.2. The van der Waals surface area contributed by atoms with Crippen LogP contribution in [-0.2, 0) is 9.59 Å². The highest BCUT2D eigenvalue weighted by Gasteiger charge is 2.39. The minimum absolute atomic E-state index is 0.135. The van der Waals surface area contributed by atoms with Crippen LogP contribution in [0.5, 0.6) is 0 Å². The van der Waals surface area contributed by atoms with Crippen LogP contribution in [0.25, 0.3) is 0 Å². The molecule has 0 unspecified atom stereocenters. The predicted octanol–water partition coefficient (Wildman–Crippen LogP) is 0.578. The first kappa shape index (κ1) is 19.7. The molecule has 8 heteroatoms. The Morgan fingerprint density at radius 3 is 2.72 bits per heavy atom. The van der Waals surface area contributed by atoms with E-state index in [9.17, 15) is 18.4 Å². The quantitative estimate of drug-likeness (QED) is 0.736. The summed E-state index contributed by atoms with van der Waals surface area (Å²) in [6.45, 7) is 3.33. The van der Waals surface area contributed by atoms with Crippen molar-refractivity contribution in [1.82, 2.24) is 10.2 Å². The fraction of sp³-hybridized carbons (Fsp3) is 0.529. The highest BCUT2D eigenvalue weighted by atomic mass is 32.2. The smallest absolute Gasteiger partial charge is 0.236 e. The van der Waals surface area contributed by atoms with Crippen LogP contribution < -0.4 is 10.2 Å². The molecule has 2 atom stereocenters. The van der Waals surface area contributed by atoms with E-state index < -0.39 is 17.0 Å². The van der Waals surface area contributed by atoms with Crippen LogP contribution in [0.3, 0.4) is 0 Å². The molecule has 0 saturated carbocycles. The number of carbonyl (C=O) groups is 2. The molecule has 2 rings (SSSR count). The van der Waals surface area contributed by atoms with Gasteiger partial charge in [-0.2, -0.15) is 0 Å². The molecule has 1 aliphatic heterocycles. The molecule has 2 N–H and O–H groups in total. The lowest BCUT2D eigenvalue weighted by Gasteiger charge is -2.24. The van der Waals surface area contributed by atoms with Crippen LogP contribution in [0.4, 0.5) is 8.78 Å². The number of carbonyl (C=O) groups excluding carboxylic acids is 2. The summed E-state index contributed by atoms with van der Waals surface area (Å²) in [7, 11) is 3.99. The van der Waals surface area contributed by atoms with Crippen LogP contribution in [0.2, 0.25) is 0 Å². The molecule has 0 aliphatic carbocycles. The second-order valence-corrected chi connectivity index (χ2v) is 7.81. The Labute approximate surface area is 150 Å². The maximum atomic E-state index is 14.1. The Morgan fingerprint density at radius 2 is 2.08 bits per heavy atom. The first-order valence-electron chi connectivity index (χ1n) is 8.26. The summed E-state index contributed by atoms with van der Waals surface area (Å²) in [5.74, 6) is -1.61. The van der Waals surface area contributed by atoms with Gasteiger partial charge in [-0.1, -0.05) is 6.07 Å². The van der Waals surface area contributed by atoms with Crippen molar-refractivity contribution in [3.8, 4) is 0 Å². The topological polar surface area (TPSA) is 53.9 Å². The third-order valence-corrected chi connectivity index (χ3v) is 5.38. The van der Waals surface area contributed by atoms with Crippen molar-refractivity contribution in [2.24, 2.45) is 0 Å². The molecule has 138 valence electrons. The molecular formula is C17H24F2N3O2S+. The van der Waals surface area contributed by atoms with E-state index in [0.29, 0.717) is 6.54 Å². The van der Waals surface area contributed by atoms with Gasteiger partial charge in [0.2, 0.25) is 11.8 Å². The largest absolute Gasteiger partial charge is 0.350 e. The zero-order valence-electron chi connectivity index (χ0n) is 14.6.